The van der Waals surface area contributed by atoms with E-state index in [0.29, 0.717) is 13.0 Å². The normalized spacial score (nSPS) is 15.1. The fraction of sp³-hybridized carbons (Fsp3) is 0.304. The highest BCUT2D eigenvalue weighted by atomic mass is 16.5. The highest BCUT2D eigenvalue weighted by Gasteiger charge is 2.21. The molecule has 5 heteroatoms. The van der Waals surface area contributed by atoms with Crippen LogP contribution in [0, 0.1) is 0 Å². The highest BCUT2D eigenvalue weighted by molar-refractivity contribution is 5.95. The van der Waals surface area contributed by atoms with Gasteiger partial charge in [0.2, 0.25) is 11.8 Å². The lowest BCUT2D eigenvalue weighted by atomic mass is 10.1. The number of carbonyl (C=O) groups excluding carboxylic acids is 2. The average molecular weight is 378 g/mol. The van der Waals surface area contributed by atoms with E-state index in [1.807, 2.05) is 62.4 Å². The molecule has 5 nitrogen and oxygen atoms in total. The molecule has 0 aliphatic carbocycles. The van der Waals surface area contributed by atoms with Gasteiger partial charge < -0.3 is 15.0 Å². The molecule has 28 heavy (non-hydrogen) atoms. The van der Waals surface area contributed by atoms with Crippen molar-refractivity contribution in [2.75, 3.05) is 18.1 Å². The van der Waals surface area contributed by atoms with E-state index in [9.17, 15) is 9.59 Å². The Balaban J connectivity index is 1.55. The van der Waals surface area contributed by atoms with Crippen LogP contribution in [0.3, 0.4) is 0 Å². The van der Waals surface area contributed by atoms with Crippen molar-refractivity contribution in [2.45, 2.75) is 32.7 Å². The van der Waals surface area contributed by atoms with Gasteiger partial charge in [-0.25, -0.2) is 0 Å². The summed E-state index contributed by atoms with van der Waals surface area (Å²) in [4.78, 5) is 25.8. The smallest absolute Gasteiger partial charge is 0.244 e. The first-order valence-electron chi connectivity index (χ1n) is 9.68. The van der Waals surface area contributed by atoms with Crippen LogP contribution in [0.15, 0.2) is 54.6 Å². The van der Waals surface area contributed by atoms with E-state index < -0.39 is 0 Å². The molecule has 1 N–H and O–H groups in total. The van der Waals surface area contributed by atoms with Crippen molar-refractivity contribution >= 4 is 23.6 Å². The maximum absolute atomic E-state index is 12.2. The molecular formula is C23H26N2O3. The summed E-state index contributed by atoms with van der Waals surface area (Å²) in [5, 5.41) is 2.96. The summed E-state index contributed by atoms with van der Waals surface area (Å²) in [5.74, 6) is 0.842. The third-order valence-corrected chi connectivity index (χ3v) is 4.76. The van der Waals surface area contributed by atoms with Gasteiger partial charge in [0.15, 0.2) is 0 Å². The van der Waals surface area contributed by atoms with Gasteiger partial charge in [-0.05, 0) is 61.7 Å². The second-order valence-corrected chi connectivity index (χ2v) is 6.81. The second kappa shape index (κ2) is 9.22. The van der Waals surface area contributed by atoms with Gasteiger partial charge in [0, 0.05) is 24.7 Å². The van der Waals surface area contributed by atoms with E-state index in [4.69, 9.17) is 4.74 Å². The summed E-state index contributed by atoms with van der Waals surface area (Å²) in [5.41, 5.74) is 2.84. The molecule has 1 heterocycles. The Kier molecular flexibility index (Phi) is 6.48. The molecule has 1 unspecified atom stereocenters. The average Bonchev–Trinajstić information content (AvgIpc) is 3.13. The fourth-order valence-electron chi connectivity index (χ4n) is 3.22. The number of carbonyl (C=O) groups is 2. The van der Waals surface area contributed by atoms with Crippen LogP contribution in [-0.4, -0.2) is 25.0 Å². The summed E-state index contributed by atoms with van der Waals surface area (Å²) in [6, 6.07) is 15.3. The van der Waals surface area contributed by atoms with Crippen molar-refractivity contribution in [1.29, 1.82) is 0 Å². The van der Waals surface area contributed by atoms with Crippen molar-refractivity contribution < 1.29 is 14.3 Å². The molecule has 146 valence electrons. The molecule has 1 atom stereocenters. The van der Waals surface area contributed by atoms with Crippen LogP contribution in [0.5, 0.6) is 5.75 Å². The number of amides is 2. The zero-order valence-corrected chi connectivity index (χ0v) is 16.4. The van der Waals surface area contributed by atoms with Gasteiger partial charge in [0.1, 0.15) is 5.75 Å². The Morgan fingerprint density at radius 2 is 1.89 bits per heavy atom. The third kappa shape index (κ3) is 5.00. The van der Waals surface area contributed by atoms with Gasteiger partial charge in [-0.1, -0.05) is 24.3 Å². The van der Waals surface area contributed by atoms with E-state index in [-0.39, 0.29) is 17.9 Å². The first kappa shape index (κ1) is 19.7. The van der Waals surface area contributed by atoms with E-state index in [2.05, 4.69) is 5.32 Å². The molecule has 0 saturated carbocycles. The Hall–Kier alpha value is -3.08. The minimum absolute atomic E-state index is 0.101. The third-order valence-electron chi connectivity index (χ3n) is 4.76. The molecule has 0 radical (unpaired) electrons. The number of rotatable bonds is 7. The predicted molar refractivity (Wildman–Crippen MR) is 111 cm³/mol. The maximum Gasteiger partial charge on any atom is 0.244 e. The monoisotopic (exact) mass is 378 g/mol. The summed E-state index contributed by atoms with van der Waals surface area (Å²) >= 11 is 0. The summed E-state index contributed by atoms with van der Waals surface area (Å²) < 4.78 is 5.44. The van der Waals surface area contributed by atoms with Crippen LogP contribution in [-0.2, 0) is 9.59 Å². The number of benzene rings is 2. The lowest BCUT2D eigenvalue weighted by molar-refractivity contribution is -0.117. The lowest BCUT2D eigenvalue weighted by Crippen LogP contribution is -2.24. The summed E-state index contributed by atoms with van der Waals surface area (Å²) in [6.45, 7) is 5.30. The minimum atomic E-state index is -0.153. The first-order valence-corrected chi connectivity index (χ1v) is 9.68. The topological polar surface area (TPSA) is 58.6 Å². The van der Waals surface area contributed by atoms with E-state index >= 15 is 0 Å². The molecule has 2 aromatic carbocycles. The van der Waals surface area contributed by atoms with Gasteiger partial charge in [0.05, 0.1) is 12.6 Å². The minimum Gasteiger partial charge on any atom is -0.494 e. The van der Waals surface area contributed by atoms with Crippen molar-refractivity contribution in [3.63, 3.8) is 0 Å². The van der Waals surface area contributed by atoms with Crippen molar-refractivity contribution in [3.8, 4) is 5.75 Å². The molecule has 1 aliphatic heterocycles. The van der Waals surface area contributed by atoms with E-state index in [1.165, 1.54) is 6.08 Å². The van der Waals surface area contributed by atoms with Gasteiger partial charge in [-0.2, -0.15) is 0 Å². The standard InChI is InChI=1S/C23H26N2O3/c1-3-28-21-13-9-19(10-14-21)17(2)24-22(26)15-8-18-6-11-20(12-7-18)25-16-4-5-23(25)27/h6-15,17H,3-5,16H2,1-2H3,(H,24,26). The van der Waals surface area contributed by atoms with E-state index in [0.717, 1.165) is 35.5 Å². The molecule has 2 amide bonds. The molecule has 1 aliphatic rings. The lowest BCUT2D eigenvalue weighted by Gasteiger charge is -2.15. The highest BCUT2D eigenvalue weighted by Crippen LogP contribution is 2.22. The Bertz CT molecular complexity index is 841. The van der Waals surface area contributed by atoms with Crippen LogP contribution >= 0.6 is 0 Å². The number of nitrogens with zero attached hydrogens (tertiary/aromatic N) is 1. The van der Waals surface area contributed by atoms with E-state index in [1.54, 1.807) is 11.0 Å². The zero-order chi connectivity index (χ0) is 19.9. The van der Waals surface area contributed by atoms with Gasteiger partial charge >= 0.3 is 0 Å². The van der Waals surface area contributed by atoms with Crippen molar-refractivity contribution in [1.82, 2.24) is 5.32 Å². The maximum atomic E-state index is 12.2. The molecule has 0 spiro atoms. The van der Waals surface area contributed by atoms with Crippen molar-refractivity contribution in [2.24, 2.45) is 0 Å². The first-order chi connectivity index (χ1) is 13.6. The van der Waals surface area contributed by atoms with Crippen LogP contribution in [0.2, 0.25) is 0 Å². The molecule has 0 aromatic heterocycles. The second-order valence-electron chi connectivity index (χ2n) is 6.81. The number of hydrogen-bond donors (Lipinski definition) is 1. The molecule has 3 rings (SSSR count). The number of nitrogens with one attached hydrogen (secondary N) is 1. The molecule has 2 aromatic rings. The number of anilines is 1. The fourth-order valence-corrected chi connectivity index (χ4v) is 3.22. The Morgan fingerprint density at radius 3 is 2.50 bits per heavy atom. The summed E-state index contributed by atoms with van der Waals surface area (Å²) in [7, 11) is 0. The largest absolute Gasteiger partial charge is 0.494 e. The van der Waals surface area contributed by atoms with Crippen LogP contribution in [0.4, 0.5) is 5.69 Å². The predicted octanol–water partition coefficient (Wildman–Crippen LogP) is 4.10. The molecular weight excluding hydrogens is 352 g/mol. The zero-order valence-electron chi connectivity index (χ0n) is 16.4. The van der Waals surface area contributed by atoms with Gasteiger partial charge in [-0.15, -0.1) is 0 Å². The van der Waals surface area contributed by atoms with Crippen LogP contribution in [0.25, 0.3) is 6.08 Å². The molecule has 1 saturated heterocycles. The quantitative estimate of drug-likeness (QED) is 0.738. The van der Waals surface area contributed by atoms with Gasteiger partial charge in [-0.3, -0.25) is 9.59 Å². The summed E-state index contributed by atoms with van der Waals surface area (Å²) in [6.07, 6.45) is 4.83. The molecule has 0 bridgehead atoms. The van der Waals surface area contributed by atoms with Crippen LogP contribution in [0.1, 0.15) is 43.9 Å². The number of hydrogen-bond acceptors (Lipinski definition) is 3. The van der Waals surface area contributed by atoms with Crippen molar-refractivity contribution in [3.05, 3.63) is 65.7 Å². The SMILES string of the molecule is CCOc1ccc(C(C)NC(=O)C=Cc2ccc(N3CCCC3=O)cc2)cc1. The molecule has 1 fully saturated rings. The number of ether oxygens (including phenoxy) is 1. The van der Waals surface area contributed by atoms with Gasteiger partial charge in [0.25, 0.3) is 0 Å². The van der Waals surface area contributed by atoms with Crippen LogP contribution < -0.4 is 15.0 Å². The Labute approximate surface area is 166 Å². The Morgan fingerprint density at radius 1 is 1.18 bits per heavy atom.